The molecule has 0 aromatic rings. The third-order valence-corrected chi connectivity index (χ3v) is 5.87. The Morgan fingerprint density at radius 3 is 2.22 bits per heavy atom. The number of imide groups is 1. The molecule has 2 rings (SSSR count). The first kappa shape index (κ1) is 18.2. The molecule has 2 aliphatic rings. The van der Waals surface area contributed by atoms with Gasteiger partial charge in [0.25, 0.3) is 0 Å². The molecule has 23 heavy (non-hydrogen) atoms. The van der Waals surface area contributed by atoms with Crippen molar-refractivity contribution in [3.8, 4) is 0 Å². The molecule has 1 heterocycles. The Labute approximate surface area is 140 Å². The van der Waals surface area contributed by atoms with Crippen LogP contribution in [-0.4, -0.2) is 29.0 Å². The average molecular weight is 321 g/mol. The first-order valence-electron chi connectivity index (χ1n) is 9.23. The highest BCUT2D eigenvalue weighted by atomic mass is 16.2. The van der Waals surface area contributed by atoms with Crippen molar-refractivity contribution in [2.45, 2.75) is 66.2 Å². The van der Waals surface area contributed by atoms with E-state index in [-0.39, 0.29) is 35.5 Å². The molecule has 2 unspecified atom stereocenters. The molecule has 1 saturated heterocycles. The van der Waals surface area contributed by atoms with Crippen LogP contribution in [0, 0.1) is 29.6 Å². The number of ketones is 1. The van der Waals surface area contributed by atoms with Crippen molar-refractivity contribution >= 4 is 17.6 Å². The second-order valence-corrected chi connectivity index (χ2v) is 7.83. The van der Waals surface area contributed by atoms with Gasteiger partial charge >= 0.3 is 0 Å². The van der Waals surface area contributed by atoms with Crippen molar-refractivity contribution in [1.82, 2.24) is 4.90 Å². The molecular weight excluding hydrogens is 290 g/mol. The van der Waals surface area contributed by atoms with Crippen LogP contribution in [0.5, 0.6) is 0 Å². The molecule has 0 spiro atoms. The lowest BCUT2D eigenvalue weighted by molar-refractivity contribution is -0.141. The van der Waals surface area contributed by atoms with Gasteiger partial charge in [-0.15, -0.1) is 0 Å². The van der Waals surface area contributed by atoms with E-state index in [1.54, 1.807) is 0 Å². The summed E-state index contributed by atoms with van der Waals surface area (Å²) in [4.78, 5) is 38.3. The second kappa shape index (κ2) is 7.59. The number of carbonyl (C=O) groups excluding carboxylic acids is 3. The number of hydrogen-bond acceptors (Lipinski definition) is 3. The summed E-state index contributed by atoms with van der Waals surface area (Å²) >= 11 is 0. The quantitative estimate of drug-likeness (QED) is 0.704. The summed E-state index contributed by atoms with van der Waals surface area (Å²) in [6.07, 6.45) is 5.02. The van der Waals surface area contributed by atoms with Crippen LogP contribution in [0.1, 0.15) is 66.2 Å². The molecule has 0 N–H and O–H groups in total. The number of amides is 2. The SMILES string of the molecule is CCC(C)C(=O)C1CCC(CN2C(=O)CC(C(C)C)C2=O)CC1. The minimum Gasteiger partial charge on any atom is -0.299 e. The van der Waals surface area contributed by atoms with Crippen molar-refractivity contribution in [3.05, 3.63) is 0 Å². The van der Waals surface area contributed by atoms with Crippen molar-refractivity contribution in [3.63, 3.8) is 0 Å². The number of carbonyl (C=O) groups is 3. The van der Waals surface area contributed by atoms with Crippen LogP contribution in [0.2, 0.25) is 0 Å². The summed E-state index contributed by atoms with van der Waals surface area (Å²) in [7, 11) is 0. The third-order valence-electron chi connectivity index (χ3n) is 5.87. The highest BCUT2D eigenvalue weighted by Gasteiger charge is 2.41. The van der Waals surface area contributed by atoms with E-state index in [9.17, 15) is 14.4 Å². The predicted octanol–water partition coefficient (Wildman–Crippen LogP) is 3.44. The third kappa shape index (κ3) is 4.02. The van der Waals surface area contributed by atoms with E-state index in [1.807, 2.05) is 20.8 Å². The van der Waals surface area contributed by atoms with Gasteiger partial charge in [-0.3, -0.25) is 19.3 Å². The van der Waals surface area contributed by atoms with E-state index in [4.69, 9.17) is 0 Å². The zero-order valence-electron chi connectivity index (χ0n) is 15.0. The number of rotatable bonds is 6. The Hall–Kier alpha value is -1.19. The topological polar surface area (TPSA) is 54.5 Å². The van der Waals surface area contributed by atoms with Crippen LogP contribution in [0.15, 0.2) is 0 Å². The highest BCUT2D eigenvalue weighted by Crippen LogP contribution is 2.34. The van der Waals surface area contributed by atoms with E-state index < -0.39 is 0 Å². The van der Waals surface area contributed by atoms with Gasteiger partial charge in [0.1, 0.15) is 5.78 Å². The van der Waals surface area contributed by atoms with Gasteiger partial charge in [-0.1, -0.05) is 27.7 Å². The van der Waals surface area contributed by atoms with E-state index in [2.05, 4.69) is 6.92 Å². The number of likely N-dealkylation sites (tertiary alicyclic amines) is 1. The van der Waals surface area contributed by atoms with E-state index in [1.165, 1.54) is 4.90 Å². The van der Waals surface area contributed by atoms with Gasteiger partial charge in [-0.05, 0) is 43.9 Å². The lowest BCUT2D eigenvalue weighted by Crippen LogP contribution is -2.37. The van der Waals surface area contributed by atoms with Crippen LogP contribution >= 0.6 is 0 Å². The molecule has 1 aliphatic carbocycles. The summed E-state index contributed by atoms with van der Waals surface area (Å²) in [5.74, 6) is 1.22. The first-order chi connectivity index (χ1) is 10.8. The number of Topliss-reactive ketones (excluding diaryl/α,β-unsaturated/α-hetero) is 1. The molecular formula is C19H31NO3. The summed E-state index contributed by atoms with van der Waals surface area (Å²) in [6.45, 7) is 8.65. The minimum absolute atomic E-state index is 0.00787. The Bertz CT molecular complexity index is 463. The monoisotopic (exact) mass is 321 g/mol. The number of hydrogen-bond donors (Lipinski definition) is 0. The second-order valence-electron chi connectivity index (χ2n) is 7.83. The van der Waals surface area contributed by atoms with Crippen molar-refractivity contribution in [1.29, 1.82) is 0 Å². The molecule has 4 nitrogen and oxygen atoms in total. The maximum atomic E-state index is 12.4. The maximum absolute atomic E-state index is 12.4. The van der Waals surface area contributed by atoms with Crippen molar-refractivity contribution < 1.29 is 14.4 Å². The predicted molar refractivity (Wildman–Crippen MR) is 89.6 cm³/mol. The summed E-state index contributed by atoms with van der Waals surface area (Å²) in [6, 6.07) is 0. The zero-order valence-corrected chi connectivity index (χ0v) is 15.0. The zero-order chi connectivity index (χ0) is 17.1. The standard InChI is InChI=1S/C19H31NO3/c1-5-13(4)18(22)15-8-6-14(7-9-15)11-20-17(21)10-16(12(2)3)19(20)23/h12-16H,5-11H2,1-4H3. The van der Waals surface area contributed by atoms with E-state index in [0.717, 1.165) is 32.1 Å². The Kier molecular flexibility index (Phi) is 5.99. The van der Waals surface area contributed by atoms with Gasteiger partial charge in [-0.25, -0.2) is 0 Å². The molecule has 1 aliphatic heterocycles. The summed E-state index contributed by atoms with van der Waals surface area (Å²) in [5.41, 5.74) is 0. The smallest absolute Gasteiger partial charge is 0.233 e. The Morgan fingerprint density at radius 2 is 1.74 bits per heavy atom. The minimum atomic E-state index is -0.133. The summed E-state index contributed by atoms with van der Waals surface area (Å²) in [5, 5.41) is 0. The molecule has 0 aromatic carbocycles. The lowest BCUT2D eigenvalue weighted by Gasteiger charge is -2.31. The van der Waals surface area contributed by atoms with E-state index in [0.29, 0.717) is 24.7 Å². The summed E-state index contributed by atoms with van der Waals surface area (Å²) < 4.78 is 0. The fourth-order valence-electron chi connectivity index (χ4n) is 3.91. The molecule has 0 radical (unpaired) electrons. The molecule has 4 heteroatoms. The Balaban J connectivity index is 1.86. The van der Waals surface area contributed by atoms with Gasteiger partial charge in [-0.2, -0.15) is 0 Å². The maximum Gasteiger partial charge on any atom is 0.233 e. The van der Waals surface area contributed by atoms with E-state index >= 15 is 0 Å². The first-order valence-corrected chi connectivity index (χ1v) is 9.23. The van der Waals surface area contributed by atoms with Crippen LogP contribution < -0.4 is 0 Å². The van der Waals surface area contributed by atoms with Gasteiger partial charge in [0, 0.05) is 30.7 Å². The fourth-order valence-corrected chi connectivity index (χ4v) is 3.91. The number of nitrogens with zero attached hydrogens (tertiary/aromatic N) is 1. The molecule has 1 saturated carbocycles. The largest absolute Gasteiger partial charge is 0.299 e. The normalized spacial score (nSPS) is 30.1. The fraction of sp³-hybridized carbons (Fsp3) is 0.842. The molecule has 2 fully saturated rings. The molecule has 2 atom stereocenters. The van der Waals surface area contributed by atoms with Gasteiger partial charge in [0.2, 0.25) is 11.8 Å². The van der Waals surface area contributed by atoms with Crippen LogP contribution in [-0.2, 0) is 14.4 Å². The van der Waals surface area contributed by atoms with Gasteiger partial charge in [0.15, 0.2) is 0 Å². The molecule has 0 bridgehead atoms. The average Bonchev–Trinajstić information content (AvgIpc) is 2.82. The van der Waals surface area contributed by atoms with Crippen molar-refractivity contribution in [2.75, 3.05) is 6.54 Å². The molecule has 2 amide bonds. The highest BCUT2D eigenvalue weighted by molar-refractivity contribution is 6.03. The van der Waals surface area contributed by atoms with Gasteiger partial charge in [0.05, 0.1) is 0 Å². The van der Waals surface area contributed by atoms with Gasteiger partial charge < -0.3 is 0 Å². The van der Waals surface area contributed by atoms with Crippen molar-refractivity contribution in [2.24, 2.45) is 29.6 Å². The Morgan fingerprint density at radius 1 is 1.13 bits per heavy atom. The van der Waals surface area contributed by atoms with Crippen LogP contribution in [0.3, 0.4) is 0 Å². The van der Waals surface area contributed by atoms with Crippen LogP contribution in [0.25, 0.3) is 0 Å². The lowest BCUT2D eigenvalue weighted by atomic mass is 9.77. The van der Waals surface area contributed by atoms with Crippen LogP contribution in [0.4, 0.5) is 0 Å². The molecule has 0 aromatic heterocycles. The molecule has 130 valence electrons.